The van der Waals surface area contributed by atoms with E-state index in [4.69, 9.17) is 4.74 Å². The minimum Gasteiger partial charge on any atom is -0.494 e. The predicted molar refractivity (Wildman–Crippen MR) is 87.0 cm³/mol. The van der Waals surface area contributed by atoms with Gasteiger partial charge in [0, 0.05) is 19.5 Å². The molecule has 1 aromatic carbocycles. The third kappa shape index (κ3) is 5.81. The number of amides is 1. The highest BCUT2D eigenvalue weighted by Crippen LogP contribution is 2.17. The summed E-state index contributed by atoms with van der Waals surface area (Å²) < 4.78 is 18.2. The number of nitrogens with zero attached hydrogens (tertiary/aromatic N) is 1. The molecule has 1 atom stereocenters. The Morgan fingerprint density at radius 2 is 2.14 bits per heavy atom. The summed E-state index contributed by atoms with van der Waals surface area (Å²) in [6, 6.07) is 5.93. The Labute approximate surface area is 137 Å². The molecule has 22 heavy (non-hydrogen) atoms. The summed E-state index contributed by atoms with van der Waals surface area (Å²) in [6.45, 7) is 3.17. The van der Waals surface area contributed by atoms with Gasteiger partial charge in [-0.15, -0.1) is 12.4 Å². The van der Waals surface area contributed by atoms with Crippen LogP contribution in [0.4, 0.5) is 4.39 Å². The average Bonchev–Trinajstić information content (AvgIpc) is 2.94. The van der Waals surface area contributed by atoms with Crippen LogP contribution < -0.4 is 10.1 Å². The fourth-order valence-electron chi connectivity index (χ4n) is 2.62. The lowest BCUT2D eigenvalue weighted by Crippen LogP contribution is -2.30. The molecule has 6 heteroatoms. The lowest BCUT2D eigenvalue weighted by atomic mass is 10.1. The van der Waals surface area contributed by atoms with Gasteiger partial charge in [0.2, 0.25) is 5.91 Å². The smallest absolute Gasteiger partial charge is 0.222 e. The summed E-state index contributed by atoms with van der Waals surface area (Å²) in [5.74, 6) is 1.15. The standard InChI is InChI=1S/C16H23FN2O2.ClH/c1-18-11-13-8-9-19(12-13)16(20)3-2-10-21-15-6-4-14(17)5-7-15;/h4-7,13,18H,2-3,8-12H2,1H3;1H. The number of carbonyl (C=O) groups excluding carboxylic acids is 1. The summed E-state index contributed by atoms with van der Waals surface area (Å²) in [5.41, 5.74) is 0. The van der Waals surface area contributed by atoms with E-state index in [1.54, 1.807) is 12.1 Å². The van der Waals surface area contributed by atoms with E-state index in [-0.39, 0.29) is 24.1 Å². The highest BCUT2D eigenvalue weighted by atomic mass is 35.5. The summed E-state index contributed by atoms with van der Waals surface area (Å²) in [5, 5.41) is 3.16. The number of benzene rings is 1. The fourth-order valence-corrected chi connectivity index (χ4v) is 2.62. The van der Waals surface area contributed by atoms with Crippen LogP contribution >= 0.6 is 12.4 Å². The molecule has 4 nitrogen and oxygen atoms in total. The maximum atomic E-state index is 12.7. The normalized spacial score (nSPS) is 17.2. The van der Waals surface area contributed by atoms with Crippen LogP contribution in [0, 0.1) is 11.7 Å². The second kappa shape index (κ2) is 9.64. The van der Waals surface area contributed by atoms with E-state index in [0.29, 0.717) is 31.1 Å². The van der Waals surface area contributed by atoms with Crippen molar-refractivity contribution in [1.82, 2.24) is 10.2 Å². The average molecular weight is 331 g/mol. The van der Waals surface area contributed by atoms with E-state index in [1.165, 1.54) is 12.1 Å². The summed E-state index contributed by atoms with van der Waals surface area (Å²) in [6.07, 6.45) is 2.27. The van der Waals surface area contributed by atoms with Crippen LogP contribution in [0.5, 0.6) is 5.75 Å². The molecule has 1 aliphatic heterocycles. The van der Waals surface area contributed by atoms with Gasteiger partial charge in [-0.1, -0.05) is 0 Å². The Morgan fingerprint density at radius 1 is 1.41 bits per heavy atom. The fraction of sp³-hybridized carbons (Fsp3) is 0.562. The Bertz CT molecular complexity index is 456. The number of rotatable bonds is 7. The summed E-state index contributed by atoms with van der Waals surface area (Å²) in [7, 11) is 1.94. The number of nitrogens with one attached hydrogen (secondary N) is 1. The van der Waals surface area contributed by atoms with Crippen molar-refractivity contribution in [2.45, 2.75) is 19.3 Å². The molecule has 1 unspecified atom stereocenters. The number of carbonyl (C=O) groups is 1. The van der Waals surface area contributed by atoms with E-state index in [0.717, 1.165) is 26.1 Å². The minimum absolute atomic E-state index is 0. The Morgan fingerprint density at radius 3 is 2.82 bits per heavy atom. The second-order valence-corrected chi connectivity index (χ2v) is 5.46. The molecule has 1 heterocycles. The van der Waals surface area contributed by atoms with Gasteiger partial charge in [0.05, 0.1) is 6.61 Å². The van der Waals surface area contributed by atoms with Crippen molar-refractivity contribution < 1.29 is 13.9 Å². The lowest BCUT2D eigenvalue weighted by Gasteiger charge is -2.16. The van der Waals surface area contributed by atoms with Crippen molar-refractivity contribution in [3.63, 3.8) is 0 Å². The predicted octanol–water partition coefficient (Wildman–Crippen LogP) is 2.47. The summed E-state index contributed by atoms with van der Waals surface area (Å²) in [4.78, 5) is 14.0. The van der Waals surface area contributed by atoms with Gasteiger partial charge in [-0.2, -0.15) is 0 Å². The second-order valence-electron chi connectivity index (χ2n) is 5.46. The molecule has 1 aliphatic rings. The molecule has 0 bridgehead atoms. The van der Waals surface area contributed by atoms with Gasteiger partial charge < -0.3 is 15.0 Å². The van der Waals surface area contributed by atoms with Crippen molar-refractivity contribution in [1.29, 1.82) is 0 Å². The first-order valence-corrected chi connectivity index (χ1v) is 7.50. The first-order chi connectivity index (χ1) is 10.2. The molecule has 1 aromatic rings. The number of hydrogen-bond donors (Lipinski definition) is 1. The van der Waals surface area contributed by atoms with Crippen molar-refractivity contribution >= 4 is 18.3 Å². The van der Waals surface area contributed by atoms with E-state index in [1.807, 2.05) is 11.9 Å². The molecule has 1 N–H and O–H groups in total. The van der Waals surface area contributed by atoms with Crippen molar-refractivity contribution in [3.05, 3.63) is 30.1 Å². The molecular formula is C16H24ClFN2O2. The van der Waals surface area contributed by atoms with Gasteiger partial charge in [0.15, 0.2) is 0 Å². The van der Waals surface area contributed by atoms with E-state index in [2.05, 4.69) is 5.32 Å². The highest BCUT2D eigenvalue weighted by molar-refractivity contribution is 5.85. The molecule has 0 saturated carbocycles. The molecule has 0 aliphatic carbocycles. The zero-order valence-corrected chi connectivity index (χ0v) is 13.7. The molecule has 0 spiro atoms. The minimum atomic E-state index is -0.275. The molecule has 2 rings (SSSR count). The van der Waals surface area contributed by atoms with Crippen LogP contribution in [-0.4, -0.2) is 44.1 Å². The molecule has 1 saturated heterocycles. The van der Waals surface area contributed by atoms with Crippen LogP contribution in [-0.2, 0) is 4.79 Å². The van der Waals surface area contributed by atoms with Gasteiger partial charge in [0.1, 0.15) is 11.6 Å². The molecule has 124 valence electrons. The number of hydrogen-bond acceptors (Lipinski definition) is 3. The van der Waals surface area contributed by atoms with Crippen molar-refractivity contribution in [2.24, 2.45) is 5.92 Å². The molecule has 0 radical (unpaired) electrons. The monoisotopic (exact) mass is 330 g/mol. The lowest BCUT2D eigenvalue weighted by molar-refractivity contribution is -0.130. The molecule has 1 fully saturated rings. The van der Waals surface area contributed by atoms with E-state index < -0.39 is 0 Å². The Kier molecular flexibility index (Phi) is 8.20. The van der Waals surface area contributed by atoms with E-state index >= 15 is 0 Å². The molecular weight excluding hydrogens is 307 g/mol. The first-order valence-electron chi connectivity index (χ1n) is 7.50. The largest absolute Gasteiger partial charge is 0.494 e. The Hall–Kier alpha value is -1.33. The van der Waals surface area contributed by atoms with Crippen LogP contribution in [0.3, 0.4) is 0 Å². The Balaban J connectivity index is 0.00000242. The van der Waals surface area contributed by atoms with E-state index in [9.17, 15) is 9.18 Å². The van der Waals surface area contributed by atoms with Crippen molar-refractivity contribution in [3.8, 4) is 5.75 Å². The van der Waals surface area contributed by atoms with Gasteiger partial charge in [-0.3, -0.25) is 4.79 Å². The highest BCUT2D eigenvalue weighted by Gasteiger charge is 2.25. The first kappa shape index (κ1) is 18.7. The van der Waals surface area contributed by atoms with Crippen LogP contribution in [0.25, 0.3) is 0 Å². The topological polar surface area (TPSA) is 41.6 Å². The van der Waals surface area contributed by atoms with Crippen LogP contribution in [0.2, 0.25) is 0 Å². The SMILES string of the molecule is CNCC1CCN(C(=O)CCCOc2ccc(F)cc2)C1.Cl. The maximum Gasteiger partial charge on any atom is 0.222 e. The molecule has 0 aromatic heterocycles. The summed E-state index contributed by atoms with van der Waals surface area (Å²) >= 11 is 0. The van der Waals surface area contributed by atoms with Gasteiger partial charge in [-0.25, -0.2) is 4.39 Å². The third-order valence-electron chi connectivity index (χ3n) is 3.75. The van der Waals surface area contributed by atoms with Crippen molar-refractivity contribution in [2.75, 3.05) is 33.3 Å². The quantitative estimate of drug-likeness (QED) is 0.781. The van der Waals surface area contributed by atoms with Crippen LogP contribution in [0.15, 0.2) is 24.3 Å². The van der Waals surface area contributed by atoms with Gasteiger partial charge in [0.25, 0.3) is 0 Å². The van der Waals surface area contributed by atoms with Crippen LogP contribution in [0.1, 0.15) is 19.3 Å². The number of halogens is 2. The number of likely N-dealkylation sites (tertiary alicyclic amines) is 1. The van der Waals surface area contributed by atoms with Gasteiger partial charge in [-0.05, 0) is 56.6 Å². The molecule has 1 amide bonds. The third-order valence-corrected chi connectivity index (χ3v) is 3.75. The van der Waals surface area contributed by atoms with Gasteiger partial charge >= 0.3 is 0 Å². The zero-order valence-electron chi connectivity index (χ0n) is 12.9. The zero-order chi connectivity index (χ0) is 15.1. The number of ether oxygens (including phenoxy) is 1. The maximum absolute atomic E-state index is 12.7.